The lowest BCUT2D eigenvalue weighted by atomic mass is 9.95. The first-order chi connectivity index (χ1) is 17.8. The van der Waals surface area contributed by atoms with Crippen molar-refractivity contribution in [1.29, 1.82) is 0 Å². The van der Waals surface area contributed by atoms with Crippen LogP contribution in [0.25, 0.3) is 22.2 Å². The number of aromatic nitrogens is 2. The van der Waals surface area contributed by atoms with Crippen LogP contribution in [-0.4, -0.2) is 45.9 Å². The highest BCUT2D eigenvalue weighted by Crippen LogP contribution is 2.33. The number of amides is 1. The Balaban J connectivity index is 1.35. The highest BCUT2D eigenvalue weighted by molar-refractivity contribution is 7.14. The molecule has 2 aromatic carbocycles. The van der Waals surface area contributed by atoms with Gasteiger partial charge < -0.3 is 4.74 Å². The van der Waals surface area contributed by atoms with Crippen molar-refractivity contribution < 1.29 is 14.3 Å². The molecule has 0 radical (unpaired) electrons. The largest absolute Gasteiger partial charge is 0.449 e. The zero-order valence-corrected chi connectivity index (χ0v) is 22.6. The van der Waals surface area contributed by atoms with Gasteiger partial charge in [0.1, 0.15) is 0 Å². The number of halogens is 2. The summed E-state index contributed by atoms with van der Waals surface area (Å²) in [5.41, 5.74) is 4.32. The van der Waals surface area contributed by atoms with Crippen molar-refractivity contribution in [3.63, 3.8) is 0 Å². The molecular weight excluding hydrogens is 531 g/mol. The quantitative estimate of drug-likeness (QED) is 0.284. The number of nitrogens with one attached hydrogen (secondary N) is 1. The first-order valence-electron chi connectivity index (χ1n) is 11.9. The highest BCUT2D eigenvalue weighted by Gasteiger charge is 2.28. The summed E-state index contributed by atoms with van der Waals surface area (Å²) in [5, 5.41) is 6.61. The molecule has 190 valence electrons. The first-order valence-corrected chi connectivity index (χ1v) is 13.5. The van der Waals surface area contributed by atoms with Crippen molar-refractivity contribution in [3.05, 3.63) is 74.7 Å². The van der Waals surface area contributed by atoms with E-state index in [0.717, 1.165) is 41.7 Å². The number of nitrogens with zero attached hydrogens (tertiary/aromatic N) is 3. The summed E-state index contributed by atoms with van der Waals surface area (Å²) in [5.74, 6) is -1.01. The van der Waals surface area contributed by atoms with E-state index in [4.69, 9.17) is 32.9 Å². The van der Waals surface area contributed by atoms with Gasteiger partial charge in [-0.25, -0.2) is 9.78 Å². The molecule has 7 nitrogen and oxygen atoms in total. The summed E-state index contributed by atoms with van der Waals surface area (Å²) in [6.45, 7) is 6.01. The van der Waals surface area contributed by atoms with Crippen LogP contribution in [0.15, 0.2) is 47.8 Å². The lowest BCUT2D eigenvalue weighted by Gasteiger charge is -2.29. The van der Waals surface area contributed by atoms with Crippen molar-refractivity contribution in [1.82, 2.24) is 14.9 Å². The molecule has 0 fully saturated rings. The smallest absolute Gasteiger partial charge is 0.339 e. The number of hydrogen-bond acceptors (Lipinski definition) is 7. The Morgan fingerprint density at radius 1 is 1.19 bits per heavy atom. The number of pyridine rings is 1. The van der Waals surface area contributed by atoms with Crippen molar-refractivity contribution in [2.45, 2.75) is 32.9 Å². The van der Waals surface area contributed by atoms with E-state index >= 15 is 0 Å². The number of thiazole rings is 1. The highest BCUT2D eigenvalue weighted by atomic mass is 35.5. The monoisotopic (exact) mass is 554 g/mol. The second-order valence-corrected chi connectivity index (χ2v) is 10.4. The number of carbonyl (C=O) groups excluding carboxylic acids is 2. The van der Waals surface area contributed by atoms with Crippen LogP contribution in [-0.2, 0) is 22.5 Å². The van der Waals surface area contributed by atoms with Gasteiger partial charge in [-0.15, -0.1) is 11.3 Å². The molecule has 0 bridgehead atoms. The lowest BCUT2D eigenvalue weighted by molar-refractivity contribution is -0.123. The number of benzene rings is 2. The topological polar surface area (TPSA) is 84.4 Å². The Kier molecular flexibility index (Phi) is 7.44. The molecule has 2 aromatic heterocycles. The standard InChI is InChI=1S/C27H24Cl2N4O3S/c1-3-33-11-10-22-19(13-33)24(18-6-4-5-7-21(18)30-22)26(35)36-15(2)25(34)32-27-31-23(14-37-27)17-9-8-16(28)12-20(17)29/h4-9,12,14-15H,3,10-11,13H2,1-2H3,(H,31,32,34). The van der Waals surface area contributed by atoms with E-state index in [1.807, 2.05) is 24.3 Å². The van der Waals surface area contributed by atoms with Crippen molar-refractivity contribution >= 4 is 62.4 Å². The number of esters is 1. The van der Waals surface area contributed by atoms with Gasteiger partial charge in [0, 0.05) is 52.1 Å². The van der Waals surface area contributed by atoms with Gasteiger partial charge in [0.2, 0.25) is 0 Å². The molecule has 1 aliphatic heterocycles. The van der Waals surface area contributed by atoms with Gasteiger partial charge in [-0.1, -0.05) is 48.3 Å². The van der Waals surface area contributed by atoms with E-state index in [1.54, 1.807) is 30.5 Å². The summed E-state index contributed by atoms with van der Waals surface area (Å²) in [4.78, 5) is 37.9. The number of rotatable bonds is 6. The van der Waals surface area contributed by atoms with Crippen LogP contribution in [0.4, 0.5) is 5.13 Å². The van der Waals surface area contributed by atoms with Crippen LogP contribution in [0.3, 0.4) is 0 Å². The van der Waals surface area contributed by atoms with E-state index < -0.39 is 18.0 Å². The molecule has 0 saturated heterocycles. The maximum absolute atomic E-state index is 13.5. The summed E-state index contributed by atoms with van der Waals surface area (Å²) < 4.78 is 5.68. The van der Waals surface area contributed by atoms with E-state index in [0.29, 0.717) is 38.5 Å². The summed E-state index contributed by atoms with van der Waals surface area (Å²) in [6, 6.07) is 12.7. The average molecular weight is 555 g/mol. The van der Waals surface area contributed by atoms with Gasteiger partial charge >= 0.3 is 5.97 Å². The van der Waals surface area contributed by atoms with Gasteiger partial charge in [-0.2, -0.15) is 0 Å². The van der Waals surface area contributed by atoms with Gasteiger partial charge in [0.05, 0.1) is 21.8 Å². The van der Waals surface area contributed by atoms with Crippen LogP contribution < -0.4 is 5.32 Å². The van der Waals surface area contributed by atoms with Crippen LogP contribution in [0.1, 0.15) is 35.5 Å². The molecule has 0 aliphatic carbocycles. The van der Waals surface area contributed by atoms with Gasteiger partial charge in [0.25, 0.3) is 5.91 Å². The number of likely N-dealkylation sites (N-methyl/N-ethyl adjacent to an activating group) is 1. The van der Waals surface area contributed by atoms with Crippen molar-refractivity contribution in [2.24, 2.45) is 0 Å². The second kappa shape index (κ2) is 10.8. The molecule has 0 saturated carbocycles. The molecule has 4 aromatic rings. The normalized spacial score (nSPS) is 14.3. The summed E-state index contributed by atoms with van der Waals surface area (Å²) in [6.07, 6.45) is -0.277. The fourth-order valence-corrected chi connectivity index (χ4v) is 5.60. The Bertz CT molecular complexity index is 1510. The lowest BCUT2D eigenvalue weighted by Crippen LogP contribution is -2.34. The van der Waals surface area contributed by atoms with Crippen molar-refractivity contribution in [2.75, 3.05) is 18.4 Å². The minimum Gasteiger partial charge on any atom is -0.449 e. The molecule has 5 rings (SSSR count). The Hall–Kier alpha value is -3.04. The number of fused-ring (bicyclic) bond motifs is 2. The number of ether oxygens (including phenoxy) is 1. The average Bonchev–Trinajstić information content (AvgIpc) is 3.34. The summed E-state index contributed by atoms with van der Waals surface area (Å²) >= 11 is 13.5. The maximum atomic E-state index is 13.5. The third-order valence-corrected chi connectivity index (χ3v) is 7.68. The van der Waals surface area contributed by atoms with Crippen LogP contribution >= 0.6 is 34.5 Å². The molecule has 1 atom stereocenters. The van der Waals surface area contributed by atoms with E-state index in [1.165, 1.54) is 11.3 Å². The van der Waals surface area contributed by atoms with Crippen LogP contribution in [0, 0.1) is 0 Å². The molecule has 1 amide bonds. The fraction of sp³-hybridized carbons (Fsp3) is 0.259. The SMILES string of the molecule is CCN1CCc2nc3ccccc3c(C(=O)OC(C)C(=O)Nc3nc(-c4ccc(Cl)cc4Cl)cs3)c2C1. The van der Waals surface area contributed by atoms with E-state index in [-0.39, 0.29) is 0 Å². The first kappa shape index (κ1) is 25.6. The van der Waals surface area contributed by atoms with Crippen LogP contribution in [0.5, 0.6) is 0 Å². The number of para-hydroxylation sites is 1. The minimum absolute atomic E-state index is 0.374. The molecular formula is C27H24Cl2N4O3S. The molecule has 0 spiro atoms. The molecule has 37 heavy (non-hydrogen) atoms. The molecule has 3 heterocycles. The van der Waals surface area contributed by atoms with Crippen LogP contribution in [0.2, 0.25) is 10.0 Å². The third-order valence-electron chi connectivity index (χ3n) is 6.37. The number of hydrogen-bond donors (Lipinski definition) is 1. The van der Waals surface area contributed by atoms with Gasteiger partial charge in [-0.3, -0.25) is 20.0 Å². The molecule has 1 aliphatic rings. The zero-order valence-electron chi connectivity index (χ0n) is 20.3. The van der Waals surface area contributed by atoms with E-state index in [2.05, 4.69) is 22.1 Å². The van der Waals surface area contributed by atoms with E-state index in [9.17, 15) is 9.59 Å². The zero-order chi connectivity index (χ0) is 26.1. The third kappa shape index (κ3) is 5.33. The molecule has 1 unspecified atom stereocenters. The predicted octanol–water partition coefficient (Wildman–Crippen LogP) is 6.23. The summed E-state index contributed by atoms with van der Waals surface area (Å²) in [7, 11) is 0. The molecule has 10 heteroatoms. The van der Waals surface area contributed by atoms with Crippen molar-refractivity contribution in [3.8, 4) is 11.3 Å². The number of anilines is 1. The predicted molar refractivity (Wildman–Crippen MR) is 147 cm³/mol. The number of carbonyl (C=O) groups is 2. The maximum Gasteiger partial charge on any atom is 0.339 e. The Morgan fingerprint density at radius 3 is 2.78 bits per heavy atom. The fourth-order valence-electron chi connectivity index (χ4n) is 4.38. The molecule has 1 N–H and O–H groups in total. The van der Waals surface area contributed by atoms with Gasteiger partial charge in [0.15, 0.2) is 11.2 Å². The second-order valence-electron chi connectivity index (χ2n) is 8.75. The van der Waals surface area contributed by atoms with Gasteiger partial charge in [-0.05, 0) is 37.7 Å². The Morgan fingerprint density at radius 2 is 2.00 bits per heavy atom. The Labute approximate surface area is 228 Å². The minimum atomic E-state index is -1.03.